The van der Waals surface area contributed by atoms with E-state index in [4.69, 9.17) is 11.6 Å². The Morgan fingerprint density at radius 3 is 2.50 bits per heavy atom. The first-order valence-electron chi connectivity index (χ1n) is 6.92. The average Bonchev–Trinajstić information content (AvgIpc) is 2.63. The number of aryl methyl sites for hydroxylation is 1. The number of nitrogens with zero attached hydrogens (tertiary/aromatic N) is 3. The van der Waals surface area contributed by atoms with Gasteiger partial charge in [0.1, 0.15) is 0 Å². The first-order valence-corrected chi connectivity index (χ1v) is 7.46. The molecule has 2 fully saturated rings. The molecule has 0 saturated carbocycles. The van der Waals surface area contributed by atoms with Gasteiger partial charge in [-0.25, -0.2) is 0 Å². The van der Waals surface area contributed by atoms with Gasteiger partial charge in [-0.15, -0.1) is 16.7 Å². The van der Waals surface area contributed by atoms with Crippen LogP contribution in [0.1, 0.15) is 37.8 Å². The summed E-state index contributed by atoms with van der Waals surface area (Å²) >= 11 is 5.89. The molecule has 2 saturated heterocycles. The predicted molar refractivity (Wildman–Crippen MR) is 74.1 cm³/mol. The molecule has 3 rings (SSSR count). The predicted octanol–water partition coefficient (Wildman–Crippen LogP) is 3.16. The maximum absolute atomic E-state index is 5.89. The lowest BCUT2D eigenvalue weighted by Crippen LogP contribution is -2.43. The highest BCUT2D eigenvalue weighted by atomic mass is 35.5. The summed E-state index contributed by atoms with van der Waals surface area (Å²) in [7, 11) is 0. The highest BCUT2D eigenvalue weighted by Crippen LogP contribution is 2.41. The Hall–Kier alpha value is -0.830. The van der Waals surface area contributed by atoms with E-state index in [-0.39, 0.29) is 0 Å². The number of piperidine rings is 1. The molecule has 3 heterocycles. The quantitative estimate of drug-likeness (QED) is 0.786. The van der Waals surface area contributed by atoms with Crippen molar-refractivity contribution in [3.63, 3.8) is 0 Å². The number of alkyl halides is 1. The number of anilines is 1. The molecular weight excluding hydrogens is 246 g/mol. The Kier molecular flexibility index (Phi) is 3.42. The van der Waals surface area contributed by atoms with Crippen LogP contribution in [-0.4, -0.2) is 28.2 Å². The summed E-state index contributed by atoms with van der Waals surface area (Å²) in [5.41, 5.74) is 0.989. The van der Waals surface area contributed by atoms with Crippen LogP contribution in [0.15, 0.2) is 12.1 Å². The highest BCUT2D eigenvalue weighted by molar-refractivity contribution is 6.17. The van der Waals surface area contributed by atoms with Crippen molar-refractivity contribution < 1.29 is 0 Å². The van der Waals surface area contributed by atoms with Crippen LogP contribution in [0, 0.1) is 12.8 Å². The van der Waals surface area contributed by atoms with Crippen LogP contribution in [0.25, 0.3) is 0 Å². The molecule has 98 valence electrons. The van der Waals surface area contributed by atoms with Crippen LogP contribution in [0.3, 0.4) is 0 Å². The minimum absolute atomic E-state index is 0.661. The van der Waals surface area contributed by atoms with Gasteiger partial charge in [0.05, 0.1) is 5.69 Å². The number of hydrogen-bond acceptors (Lipinski definition) is 3. The topological polar surface area (TPSA) is 29.0 Å². The van der Waals surface area contributed by atoms with Gasteiger partial charge in [-0.2, -0.15) is 5.10 Å². The van der Waals surface area contributed by atoms with Crippen LogP contribution in [-0.2, 0) is 0 Å². The molecule has 0 aliphatic carbocycles. The fraction of sp³-hybridized carbons (Fsp3) is 0.714. The average molecular weight is 266 g/mol. The summed E-state index contributed by atoms with van der Waals surface area (Å²) in [5.74, 6) is 2.68. The summed E-state index contributed by atoms with van der Waals surface area (Å²) in [4.78, 5) is 2.51. The van der Waals surface area contributed by atoms with Gasteiger partial charge >= 0.3 is 0 Å². The zero-order valence-electron chi connectivity index (χ0n) is 10.8. The first kappa shape index (κ1) is 12.2. The molecule has 0 N–H and O–H groups in total. The standard InChI is InChI=1S/C14H20ClN3/c1-10-2-5-14(17-16-10)18-12-3-4-13(18)9-11(8-12)6-7-15/h2,5,11-13H,3-4,6-9H2,1H3. The Labute approximate surface area is 114 Å². The van der Waals surface area contributed by atoms with Gasteiger partial charge in [0.2, 0.25) is 0 Å². The van der Waals surface area contributed by atoms with Gasteiger partial charge in [-0.05, 0) is 57.1 Å². The SMILES string of the molecule is Cc1ccc(N2C3CCC2CC(CCCl)C3)nn1. The van der Waals surface area contributed by atoms with E-state index in [2.05, 4.69) is 27.2 Å². The largest absolute Gasteiger partial charge is 0.349 e. The van der Waals surface area contributed by atoms with E-state index in [9.17, 15) is 0 Å². The molecule has 4 heteroatoms. The van der Waals surface area contributed by atoms with E-state index in [0.29, 0.717) is 12.1 Å². The van der Waals surface area contributed by atoms with Gasteiger partial charge < -0.3 is 4.90 Å². The Morgan fingerprint density at radius 1 is 1.22 bits per heavy atom. The van der Waals surface area contributed by atoms with Crippen molar-refractivity contribution in [1.29, 1.82) is 0 Å². The minimum Gasteiger partial charge on any atom is -0.349 e. The Bertz CT molecular complexity index is 392. The zero-order valence-corrected chi connectivity index (χ0v) is 11.6. The summed E-state index contributed by atoms with van der Waals surface area (Å²) < 4.78 is 0. The zero-order chi connectivity index (χ0) is 12.5. The maximum atomic E-state index is 5.89. The lowest BCUT2D eigenvalue weighted by molar-refractivity contribution is 0.331. The Morgan fingerprint density at radius 2 is 1.94 bits per heavy atom. The lowest BCUT2D eigenvalue weighted by Gasteiger charge is -2.39. The molecule has 2 bridgehead atoms. The van der Waals surface area contributed by atoms with Gasteiger partial charge in [0, 0.05) is 18.0 Å². The summed E-state index contributed by atoms with van der Waals surface area (Å²) in [6, 6.07) is 5.50. The molecule has 0 amide bonds. The molecule has 1 aromatic rings. The molecule has 2 aliphatic heterocycles. The molecule has 0 spiro atoms. The van der Waals surface area contributed by atoms with Crippen molar-refractivity contribution in [2.24, 2.45) is 5.92 Å². The van der Waals surface area contributed by atoms with E-state index in [1.807, 2.05) is 6.92 Å². The Balaban J connectivity index is 1.77. The molecule has 3 nitrogen and oxygen atoms in total. The maximum Gasteiger partial charge on any atom is 0.151 e. The highest BCUT2D eigenvalue weighted by Gasteiger charge is 2.41. The lowest BCUT2D eigenvalue weighted by atomic mass is 9.89. The summed E-state index contributed by atoms with van der Waals surface area (Å²) in [6.07, 6.45) is 6.33. The van der Waals surface area contributed by atoms with Gasteiger partial charge in [-0.1, -0.05) is 0 Å². The molecule has 2 atom stereocenters. The molecule has 0 radical (unpaired) electrons. The minimum atomic E-state index is 0.661. The van der Waals surface area contributed by atoms with E-state index in [1.165, 1.54) is 32.1 Å². The third-order valence-corrected chi connectivity index (χ3v) is 4.61. The molecular formula is C14H20ClN3. The fourth-order valence-electron chi connectivity index (χ4n) is 3.58. The van der Waals surface area contributed by atoms with Crippen molar-refractivity contribution in [1.82, 2.24) is 10.2 Å². The molecule has 2 unspecified atom stereocenters. The molecule has 2 aliphatic rings. The molecule has 18 heavy (non-hydrogen) atoms. The number of aromatic nitrogens is 2. The van der Waals surface area contributed by atoms with Gasteiger partial charge in [-0.3, -0.25) is 0 Å². The molecule has 0 aromatic carbocycles. The van der Waals surface area contributed by atoms with E-state index >= 15 is 0 Å². The third-order valence-electron chi connectivity index (χ3n) is 4.40. The van der Waals surface area contributed by atoms with Crippen LogP contribution in [0.5, 0.6) is 0 Å². The number of halogens is 1. The monoisotopic (exact) mass is 265 g/mol. The van der Waals surface area contributed by atoms with Crippen LogP contribution < -0.4 is 4.90 Å². The number of hydrogen-bond donors (Lipinski definition) is 0. The summed E-state index contributed by atoms with van der Waals surface area (Å²) in [6.45, 7) is 1.98. The smallest absolute Gasteiger partial charge is 0.151 e. The first-order chi connectivity index (χ1) is 8.78. The van der Waals surface area contributed by atoms with E-state index in [1.54, 1.807) is 0 Å². The normalized spacial score (nSPS) is 30.8. The van der Waals surface area contributed by atoms with Crippen molar-refractivity contribution in [3.8, 4) is 0 Å². The van der Waals surface area contributed by atoms with Crippen molar-refractivity contribution in [2.75, 3.05) is 10.8 Å². The van der Waals surface area contributed by atoms with Crippen LogP contribution >= 0.6 is 11.6 Å². The third kappa shape index (κ3) is 2.20. The second-order valence-electron chi connectivity index (χ2n) is 5.64. The van der Waals surface area contributed by atoms with Crippen molar-refractivity contribution in [2.45, 2.75) is 51.1 Å². The van der Waals surface area contributed by atoms with Crippen LogP contribution in [0.4, 0.5) is 5.82 Å². The number of fused-ring (bicyclic) bond motifs is 2. The van der Waals surface area contributed by atoms with Crippen LogP contribution in [0.2, 0.25) is 0 Å². The second-order valence-corrected chi connectivity index (χ2v) is 6.02. The summed E-state index contributed by atoms with van der Waals surface area (Å²) in [5, 5.41) is 8.56. The van der Waals surface area contributed by atoms with E-state index < -0.39 is 0 Å². The second kappa shape index (κ2) is 5.04. The van der Waals surface area contributed by atoms with E-state index in [0.717, 1.165) is 23.3 Å². The molecule has 1 aromatic heterocycles. The fourth-order valence-corrected chi connectivity index (χ4v) is 3.89. The van der Waals surface area contributed by atoms with Crippen molar-refractivity contribution in [3.05, 3.63) is 17.8 Å². The van der Waals surface area contributed by atoms with Crippen molar-refractivity contribution >= 4 is 17.4 Å². The number of rotatable bonds is 3. The van der Waals surface area contributed by atoms with Gasteiger partial charge in [0.25, 0.3) is 0 Å². The van der Waals surface area contributed by atoms with Gasteiger partial charge in [0.15, 0.2) is 5.82 Å².